The summed E-state index contributed by atoms with van der Waals surface area (Å²) in [6, 6.07) is 0. The van der Waals surface area contributed by atoms with Gasteiger partial charge in [0.25, 0.3) is 0 Å². The van der Waals surface area contributed by atoms with Crippen molar-refractivity contribution < 1.29 is 9.84 Å². The van der Waals surface area contributed by atoms with E-state index in [1.807, 2.05) is 12.4 Å². The number of terminal acetylenes is 1. The summed E-state index contributed by atoms with van der Waals surface area (Å²) < 4.78 is 5.43. The zero-order valence-corrected chi connectivity index (χ0v) is 11.5. The highest BCUT2D eigenvalue weighted by atomic mass is 32.1. The Morgan fingerprint density at radius 3 is 3.17 bits per heavy atom. The van der Waals surface area contributed by atoms with Crippen molar-refractivity contribution >= 4 is 11.3 Å². The van der Waals surface area contributed by atoms with E-state index in [4.69, 9.17) is 11.2 Å². The predicted octanol–water partition coefficient (Wildman–Crippen LogP) is 0.984. The molecule has 1 rings (SSSR count). The van der Waals surface area contributed by atoms with E-state index in [0.717, 1.165) is 18.7 Å². The van der Waals surface area contributed by atoms with E-state index in [2.05, 4.69) is 16.2 Å². The first-order valence-electron chi connectivity index (χ1n) is 6.03. The van der Waals surface area contributed by atoms with Crippen molar-refractivity contribution in [1.82, 2.24) is 10.3 Å². The molecular weight excluding hydrogens is 248 g/mol. The van der Waals surface area contributed by atoms with Crippen molar-refractivity contribution in [2.45, 2.75) is 25.9 Å². The Balaban J connectivity index is 2.00. The molecule has 1 unspecified atom stereocenters. The highest BCUT2D eigenvalue weighted by Crippen LogP contribution is 2.12. The van der Waals surface area contributed by atoms with Crippen LogP contribution in [-0.4, -0.2) is 42.5 Å². The van der Waals surface area contributed by atoms with Crippen LogP contribution in [0.4, 0.5) is 0 Å². The lowest BCUT2D eigenvalue weighted by atomic mass is 10.3. The van der Waals surface area contributed by atoms with Crippen molar-refractivity contribution in [2.24, 2.45) is 0 Å². The molecule has 0 aliphatic heterocycles. The lowest BCUT2D eigenvalue weighted by Gasteiger charge is -2.11. The van der Waals surface area contributed by atoms with Crippen LogP contribution in [0.1, 0.15) is 17.0 Å². The molecule has 1 heterocycles. The van der Waals surface area contributed by atoms with Gasteiger partial charge in [-0.25, -0.2) is 4.98 Å². The third kappa shape index (κ3) is 6.12. The quantitative estimate of drug-likeness (QED) is 0.518. The number of hydrogen-bond donors (Lipinski definition) is 2. The van der Waals surface area contributed by atoms with Crippen molar-refractivity contribution in [1.29, 1.82) is 0 Å². The first-order valence-corrected chi connectivity index (χ1v) is 6.91. The van der Waals surface area contributed by atoms with Gasteiger partial charge in [-0.05, 0) is 6.92 Å². The molecule has 100 valence electrons. The number of nitrogens with zero attached hydrogens (tertiary/aromatic N) is 1. The van der Waals surface area contributed by atoms with Gasteiger partial charge in [0.05, 0.1) is 30.5 Å². The molecule has 0 radical (unpaired) electrons. The molecule has 4 nitrogen and oxygen atoms in total. The Bertz CT molecular complexity index is 373. The fourth-order valence-electron chi connectivity index (χ4n) is 1.44. The normalized spacial score (nSPS) is 12.3. The Morgan fingerprint density at radius 2 is 2.50 bits per heavy atom. The molecule has 1 aromatic heterocycles. The maximum Gasteiger partial charge on any atom is 0.0897 e. The van der Waals surface area contributed by atoms with Gasteiger partial charge in [0.2, 0.25) is 0 Å². The summed E-state index contributed by atoms with van der Waals surface area (Å²) in [6.07, 6.45) is 6.17. The minimum absolute atomic E-state index is 0.348. The number of aryl methyl sites for hydroxylation is 1. The number of aliphatic hydroxyl groups is 1. The van der Waals surface area contributed by atoms with Crippen LogP contribution in [0.5, 0.6) is 0 Å². The molecule has 0 aliphatic carbocycles. The van der Waals surface area contributed by atoms with Crippen molar-refractivity contribution in [3.8, 4) is 12.3 Å². The van der Waals surface area contributed by atoms with Gasteiger partial charge in [-0.1, -0.05) is 0 Å². The van der Waals surface area contributed by atoms with Crippen molar-refractivity contribution in [3.05, 3.63) is 16.1 Å². The van der Waals surface area contributed by atoms with Crippen LogP contribution in [0.25, 0.3) is 0 Å². The number of hydrogen-bond acceptors (Lipinski definition) is 5. The summed E-state index contributed by atoms with van der Waals surface area (Å²) in [7, 11) is 0. The van der Waals surface area contributed by atoms with E-state index in [-0.39, 0.29) is 0 Å². The minimum atomic E-state index is -0.481. The highest BCUT2D eigenvalue weighted by molar-refractivity contribution is 7.09. The minimum Gasteiger partial charge on any atom is -0.389 e. The predicted molar refractivity (Wildman–Crippen MR) is 73.7 cm³/mol. The number of nitrogens with one attached hydrogen (secondary N) is 1. The zero-order valence-electron chi connectivity index (χ0n) is 10.7. The summed E-state index contributed by atoms with van der Waals surface area (Å²) in [4.78, 5) is 5.42. The standard InChI is InChI=1S/C13H20N2O2S/c1-3-4-6-14-8-12(16)9-17-7-5-13-11(2)15-10-18-13/h1,10,12,14,16H,4-9H2,2H3. The fourth-order valence-corrected chi connectivity index (χ4v) is 2.20. The summed E-state index contributed by atoms with van der Waals surface area (Å²) in [5.74, 6) is 2.53. The fraction of sp³-hybridized carbons (Fsp3) is 0.615. The van der Waals surface area contributed by atoms with Gasteiger partial charge in [-0.3, -0.25) is 0 Å². The van der Waals surface area contributed by atoms with Gasteiger partial charge in [-0.2, -0.15) is 0 Å². The van der Waals surface area contributed by atoms with Crippen molar-refractivity contribution in [3.63, 3.8) is 0 Å². The van der Waals surface area contributed by atoms with E-state index < -0.39 is 6.10 Å². The molecule has 0 amide bonds. The highest BCUT2D eigenvalue weighted by Gasteiger charge is 2.05. The van der Waals surface area contributed by atoms with Crippen LogP contribution in [-0.2, 0) is 11.2 Å². The van der Waals surface area contributed by atoms with Crippen LogP contribution in [0, 0.1) is 19.3 Å². The van der Waals surface area contributed by atoms with Crippen LogP contribution in [0.3, 0.4) is 0 Å². The van der Waals surface area contributed by atoms with Gasteiger partial charge >= 0.3 is 0 Å². The lowest BCUT2D eigenvalue weighted by Crippen LogP contribution is -2.31. The molecule has 18 heavy (non-hydrogen) atoms. The van der Waals surface area contributed by atoms with E-state index in [1.165, 1.54) is 4.88 Å². The van der Waals surface area contributed by atoms with Gasteiger partial charge in [0.1, 0.15) is 0 Å². The molecule has 0 aromatic carbocycles. The van der Waals surface area contributed by atoms with Gasteiger partial charge in [-0.15, -0.1) is 23.7 Å². The van der Waals surface area contributed by atoms with Crippen LogP contribution >= 0.6 is 11.3 Å². The second-order valence-electron chi connectivity index (χ2n) is 4.00. The Labute approximate surface area is 112 Å². The monoisotopic (exact) mass is 268 g/mol. The second kappa shape index (κ2) is 9.06. The third-order valence-electron chi connectivity index (χ3n) is 2.45. The number of ether oxygens (including phenoxy) is 1. The molecule has 0 aliphatic rings. The Hall–Kier alpha value is -0.930. The molecule has 0 saturated heterocycles. The average Bonchev–Trinajstić information content (AvgIpc) is 2.76. The molecule has 2 N–H and O–H groups in total. The molecule has 1 aromatic rings. The summed E-state index contributed by atoms with van der Waals surface area (Å²) in [6.45, 7) is 4.20. The summed E-state index contributed by atoms with van der Waals surface area (Å²) in [5, 5.41) is 12.7. The Morgan fingerprint density at radius 1 is 1.67 bits per heavy atom. The van der Waals surface area contributed by atoms with E-state index in [1.54, 1.807) is 11.3 Å². The maximum atomic E-state index is 9.61. The average molecular weight is 268 g/mol. The molecule has 1 atom stereocenters. The molecule has 0 fully saturated rings. The van der Waals surface area contributed by atoms with Crippen LogP contribution in [0.15, 0.2) is 5.51 Å². The molecular formula is C13H20N2O2S. The van der Waals surface area contributed by atoms with Gasteiger partial charge in [0.15, 0.2) is 0 Å². The second-order valence-corrected chi connectivity index (χ2v) is 4.94. The van der Waals surface area contributed by atoms with Gasteiger partial charge in [0, 0.05) is 30.8 Å². The number of aliphatic hydroxyl groups excluding tert-OH is 1. The Kier molecular flexibility index (Phi) is 7.62. The zero-order chi connectivity index (χ0) is 13.2. The van der Waals surface area contributed by atoms with Gasteiger partial charge < -0.3 is 15.2 Å². The van der Waals surface area contributed by atoms with Crippen molar-refractivity contribution in [2.75, 3.05) is 26.3 Å². The van der Waals surface area contributed by atoms with Crippen LogP contribution in [0.2, 0.25) is 0 Å². The molecule has 0 spiro atoms. The molecule has 0 bridgehead atoms. The first-order chi connectivity index (χ1) is 8.74. The molecule has 5 heteroatoms. The summed E-state index contributed by atoms with van der Waals surface area (Å²) >= 11 is 1.64. The lowest BCUT2D eigenvalue weighted by molar-refractivity contribution is 0.0387. The third-order valence-corrected chi connectivity index (χ3v) is 3.45. The van der Waals surface area contributed by atoms with E-state index >= 15 is 0 Å². The SMILES string of the molecule is C#CCCNCC(O)COCCc1scnc1C. The topological polar surface area (TPSA) is 54.4 Å². The maximum absolute atomic E-state index is 9.61. The van der Waals surface area contributed by atoms with E-state index in [9.17, 15) is 5.11 Å². The smallest absolute Gasteiger partial charge is 0.0897 e. The molecule has 0 saturated carbocycles. The first kappa shape index (κ1) is 15.1. The summed E-state index contributed by atoms with van der Waals surface area (Å²) in [5.41, 5.74) is 2.91. The number of rotatable bonds is 9. The largest absolute Gasteiger partial charge is 0.389 e. The number of aromatic nitrogens is 1. The van der Waals surface area contributed by atoms with E-state index in [0.29, 0.717) is 26.2 Å². The number of thiazole rings is 1. The van der Waals surface area contributed by atoms with Crippen LogP contribution < -0.4 is 5.32 Å².